The van der Waals surface area contributed by atoms with Crippen molar-refractivity contribution in [1.29, 1.82) is 0 Å². The minimum atomic E-state index is -0.262. The lowest BCUT2D eigenvalue weighted by atomic mass is 10.5. The third-order valence-corrected chi connectivity index (χ3v) is 1.74. The van der Waals surface area contributed by atoms with Crippen molar-refractivity contribution in [3.8, 4) is 0 Å². The molecular formula is C7H6N6O. The molecule has 0 fully saturated rings. The number of H-pyrrole nitrogens is 1. The van der Waals surface area contributed by atoms with Crippen molar-refractivity contribution in [1.82, 2.24) is 14.4 Å². The average Bonchev–Trinajstić information content (AvgIpc) is 2.59. The van der Waals surface area contributed by atoms with Gasteiger partial charge in [0.1, 0.15) is 5.65 Å². The summed E-state index contributed by atoms with van der Waals surface area (Å²) in [4.78, 5) is 20.4. The van der Waals surface area contributed by atoms with Gasteiger partial charge in [-0.3, -0.25) is 4.40 Å². The predicted octanol–water partition coefficient (Wildman–Crippen LogP) is 0.833. The van der Waals surface area contributed by atoms with Crippen LogP contribution in [0, 0.1) is 0 Å². The number of fused-ring (bicyclic) bond motifs is 1. The summed E-state index contributed by atoms with van der Waals surface area (Å²) in [5.74, 6) is 0. The van der Waals surface area contributed by atoms with E-state index < -0.39 is 0 Å². The van der Waals surface area contributed by atoms with Gasteiger partial charge < -0.3 is 4.98 Å². The zero-order valence-corrected chi connectivity index (χ0v) is 7.08. The Morgan fingerprint density at radius 3 is 3.29 bits per heavy atom. The summed E-state index contributed by atoms with van der Waals surface area (Å²) in [6.07, 6.45) is 3.06. The molecule has 1 N–H and O–H groups in total. The second kappa shape index (κ2) is 3.23. The van der Waals surface area contributed by atoms with Crippen molar-refractivity contribution in [3.05, 3.63) is 45.1 Å². The Morgan fingerprint density at radius 1 is 1.71 bits per heavy atom. The van der Waals surface area contributed by atoms with Crippen LogP contribution in [-0.2, 0) is 6.54 Å². The molecule has 0 aliphatic rings. The summed E-state index contributed by atoms with van der Waals surface area (Å²) >= 11 is 0. The minimum Gasteiger partial charge on any atom is -0.314 e. The van der Waals surface area contributed by atoms with Crippen LogP contribution in [0.1, 0.15) is 5.69 Å². The molecule has 0 unspecified atom stereocenters. The molecule has 14 heavy (non-hydrogen) atoms. The molecule has 0 spiro atoms. The molecule has 7 nitrogen and oxygen atoms in total. The van der Waals surface area contributed by atoms with Gasteiger partial charge in [-0.05, 0) is 11.6 Å². The molecule has 2 aromatic heterocycles. The molecular weight excluding hydrogens is 184 g/mol. The Labute approximate surface area is 77.6 Å². The fraction of sp³-hybridized carbons (Fsp3) is 0.143. The fourth-order valence-electron chi connectivity index (χ4n) is 1.16. The standard InChI is InChI=1S/C7H6N6O/c8-12-10-3-5-4-13-6(11-5)1-2-9-7(13)14/h1-2,4H,3H2,(H,9,14). The van der Waals surface area contributed by atoms with Gasteiger partial charge in [0.15, 0.2) is 0 Å². The molecule has 70 valence electrons. The Balaban J connectivity index is 2.56. The molecule has 2 heterocycles. The lowest BCUT2D eigenvalue weighted by Crippen LogP contribution is -2.13. The average molecular weight is 190 g/mol. The largest absolute Gasteiger partial charge is 0.331 e. The van der Waals surface area contributed by atoms with Gasteiger partial charge in [-0.15, -0.1) is 0 Å². The van der Waals surface area contributed by atoms with Crippen molar-refractivity contribution < 1.29 is 0 Å². The highest BCUT2D eigenvalue weighted by Crippen LogP contribution is 2.01. The van der Waals surface area contributed by atoms with E-state index in [1.807, 2.05) is 0 Å². The van der Waals surface area contributed by atoms with Crippen LogP contribution < -0.4 is 5.69 Å². The third-order valence-electron chi connectivity index (χ3n) is 1.74. The highest BCUT2D eigenvalue weighted by atomic mass is 16.1. The first-order valence-electron chi connectivity index (χ1n) is 3.88. The molecule has 0 aliphatic carbocycles. The smallest absolute Gasteiger partial charge is 0.314 e. The first-order valence-corrected chi connectivity index (χ1v) is 3.88. The van der Waals surface area contributed by atoms with E-state index in [0.29, 0.717) is 11.3 Å². The van der Waals surface area contributed by atoms with Gasteiger partial charge >= 0.3 is 5.69 Å². The van der Waals surface area contributed by atoms with Crippen LogP contribution >= 0.6 is 0 Å². The number of imidazole rings is 1. The van der Waals surface area contributed by atoms with Crippen LogP contribution in [0.25, 0.3) is 16.1 Å². The number of azide groups is 1. The van der Waals surface area contributed by atoms with E-state index in [2.05, 4.69) is 20.0 Å². The molecule has 0 bridgehead atoms. The molecule has 2 rings (SSSR count). The van der Waals surface area contributed by atoms with Crippen LogP contribution in [0.2, 0.25) is 0 Å². The number of nitrogens with zero attached hydrogens (tertiary/aromatic N) is 5. The van der Waals surface area contributed by atoms with Crippen LogP contribution in [0.15, 0.2) is 28.4 Å². The van der Waals surface area contributed by atoms with E-state index in [-0.39, 0.29) is 12.2 Å². The van der Waals surface area contributed by atoms with Crippen molar-refractivity contribution in [2.75, 3.05) is 0 Å². The van der Waals surface area contributed by atoms with Gasteiger partial charge in [0.25, 0.3) is 0 Å². The quantitative estimate of drug-likeness (QED) is 0.431. The highest BCUT2D eigenvalue weighted by molar-refractivity contribution is 5.37. The molecule has 2 aromatic rings. The second-order valence-electron chi connectivity index (χ2n) is 2.63. The van der Waals surface area contributed by atoms with Crippen molar-refractivity contribution >= 4 is 5.65 Å². The summed E-state index contributed by atoms with van der Waals surface area (Å²) in [5.41, 5.74) is 8.96. The van der Waals surface area contributed by atoms with Gasteiger partial charge in [0.2, 0.25) is 0 Å². The topological polar surface area (TPSA) is 98.9 Å². The number of aromatic amines is 1. The predicted molar refractivity (Wildman–Crippen MR) is 48.7 cm³/mol. The highest BCUT2D eigenvalue weighted by Gasteiger charge is 2.01. The first kappa shape index (κ1) is 8.33. The maximum Gasteiger partial charge on any atom is 0.331 e. The van der Waals surface area contributed by atoms with E-state index in [1.54, 1.807) is 12.3 Å². The van der Waals surface area contributed by atoms with Crippen molar-refractivity contribution in [2.24, 2.45) is 5.11 Å². The summed E-state index contributed by atoms with van der Waals surface area (Å²) in [5, 5.41) is 3.36. The van der Waals surface area contributed by atoms with E-state index in [0.717, 1.165) is 0 Å². The van der Waals surface area contributed by atoms with Gasteiger partial charge in [-0.25, -0.2) is 9.78 Å². The number of hydrogen-bond donors (Lipinski definition) is 1. The maximum atomic E-state index is 11.2. The van der Waals surface area contributed by atoms with Crippen LogP contribution in [0.3, 0.4) is 0 Å². The van der Waals surface area contributed by atoms with E-state index >= 15 is 0 Å². The lowest BCUT2D eigenvalue weighted by molar-refractivity contribution is 0.981. The van der Waals surface area contributed by atoms with E-state index in [1.165, 1.54) is 10.6 Å². The Bertz CT molecular complexity index is 561. The summed E-state index contributed by atoms with van der Waals surface area (Å²) < 4.78 is 1.36. The number of nitrogens with one attached hydrogen (secondary N) is 1. The number of rotatable bonds is 2. The van der Waals surface area contributed by atoms with Gasteiger partial charge in [0, 0.05) is 17.3 Å². The summed E-state index contributed by atoms with van der Waals surface area (Å²) in [6.45, 7) is 0.150. The lowest BCUT2D eigenvalue weighted by Gasteiger charge is -1.86. The van der Waals surface area contributed by atoms with Crippen molar-refractivity contribution in [3.63, 3.8) is 0 Å². The molecule has 0 aliphatic heterocycles. The van der Waals surface area contributed by atoms with Crippen LogP contribution in [-0.4, -0.2) is 14.4 Å². The first-order chi connectivity index (χ1) is 6.81. The Kier molecular flexibility index (Phi) is 1.92. The Hall–Kier alpha value is -2.27. The van der Waals surface area contributed by atoms with Gasteiger partial charge in [-0.2, -0.15) is 0 Å². The molecule has 0 radical (unpaired) electrons. The van der Waals surface area contributed by atoms with E-state index in [9.17, 15) is 4.79 Å². The summed E-state index contributed by atoms with van der Waals surface area (Å²) in [7, 11) is 0. The van der Waals surface area contributed by atoms with Crippen molar-refractivity contribution in [2.45, 2.75) is 6.54 Å². The van der Waals surface area contributed by atoms with Gasteiger partial charge in [0.05, 0.1) is 12.2 Å². The van der Waals surface area contributed by atoms with Crippen LogP contribution in [0.5, 0.6) is 0 Å². The Morgan fingerprint density at radius 2 is 2.57 bits per heavy atom. The third kappa shape index (κ3) is 1.32. The monoisotopic (exact) mass is 190 g/mol. The van der Waals surface area contributed by atoms with E-state index in [4.69, 9.17) is 5.53 Å². The molecule has 0 saturated carbocycles. The molecule has 7 heteroatoms. The normalized spacial score (nSPS) is 10.0. The van der Waals surface area contributed by atoms with Crippen LogP contribution in [0.4, 0.5) is 0 Å². The molecule has 0 atom stereocenters. The molecule has 0 amide bonds. The zero-order chi connectivity index (χ0) is 9.97. The zero-order valence-electron chi connectivity index (χ0n) is 7.08. The minimum absolute atomic E-state index is 0.150. The fourth-order valence-corrected chi connectivity index (χ4v) is 1.16. The number of hydrogen-bond acceptors (Lipinski definition) is 3. The molecule has 0 aromatic carbocycles. The number of aromatic nitrogens is 3. The maximum absolute atomic E-state index is 11.2. The summed E-state index contributed by atoms with van der Waals surface area (Å²) in [6, 6.07) is 1.67. The molecule has 0 saturated heterocycles. The second-order valence-corrected chi connectivity index (χ2v) is 2.63. The van der Waals surface area contributed by atoms with Gasteiger partial charge in [-0.1, -0.05) is 5.11 Å². The SMILES string of the molecule is [N-]=[N+]=NCc1cn2c(=O)[nH]ccc2n1.